The zero-order valence-corrected chi connectivity index (χ0v) is 11.0. The van der Waals surface area contributed by atoms with Gasteiger partial charge in [0.1, 0.15) is 5.51 Å². The Morgan fingerprint density at radius 1 is 1.53 bits per heavy atom. The van der Waals surface area contributed by atoms with Gasteiger partial charge in [-0.25, -0.2) is 0 Å². The molecule has 0 aliphatic rings. The van der Waals surface area contributed by atoms with E-state index in [0.717, 1.165) is 16.6 Å². The van der Waals surface area contributed by atoms with Crippen LogP contribution in [0.1, 0.15) is 33.1 Å². The average Bonchev–Trinajstić information content (AvgIpc) is 2.75. The third-order valence-electron chi connectivity index (χ3n) is 2.25. The SMILES string of the molecule is CCNC(CC)CCCSc1nncs1. The van der Waals surface area contributed by atoms with Gasteiger partial charge in [-0.3, -0.25) is 0 Å². The van der Waals surface area contributed by atoms with Crippen LogP contribution in [0.15, 0.2) is 9.85 Å². The molecule has 0 aromatic carbocycles. The highest BCUT2D eigenvalue weighted by atomic mass is 32.2. The summed E-state index contributed by atoms with van der Waals surface area (Å²) in [6, 6.07) is 0.685. The molecular formula is C10H19N3S2. The number of nitrogens with zero attached hydrogens (tertiary/aromatic N) is 2. The summed E-state index contributed by atoms with van der Waals surface area (Å²) in [7, 11) is 0. The van der Waals surface area contributed by atoms with Crippen molar-refractivity contribution >= 4 is 23.1 Å². The summed E-state index contributed by atoms with van der Waals surface area (Å²) >= 11 is 3.44. The Balaban J connectivity index is 2.05. The summed E-state index contributed by atoms with van der Waals surface area (Å²) in [6.07, 6.45) is 3.73. The molecule has 0 aliphatic heterocycles. The summed E-state index contributed by atoms with van der Waals surface area (Å²) in [5.41, 5.74) is 1.79. The lowest BCUT2D eigenvalue weighted by atomic mass is 10.1. The lowest BCUT2D eigenvalue weighted by Gasteiger charge is -2.14. The number of thioether (sulfide) groups is 1. The molecule has 0 aliphatic carbocycles. The van der Waals surface area contributed by atoms with Gasteiger partial charge in [0.15, 0.2) is 4.34 Å². The first-order valence-corrected chi connectivity index (χ1v) is 7.35. The second kappa shape index (κ2) is 8.07. The molecule has 1 aromatic heterocycles. The van der Waals surface area contributed by atoms with Crippen molar-refractivity contribution in [3.05, 3.63) is 5.51 Å². The van der Waals surface area contributed by atoms with Gasteiger partial charge in [-0.15, -0.1) is 10.2 Å². The minimum atomic E-state index is 0.685. The van der Waals surface area contributed by atoms with Crippen LogP contribution in [-0.4, -0.2) is 28.5 Å². The van der Waals surface area contributed by atoms with Crippen molar-refractivity contribution in [2.75, 3.05) is 12.3 Å². The average molecular weight is 245 g/mol. The van der Waals surface area contributed by atoms with Crippen LogP contribution in [0.3, 0.4) is 0 Å². The number of aromatic nitrogens is 2. The largest absolute Gasteiger partial charge is 0.314 e. The summed E-state index contributed by atoms with van der Waals surface area (Å²) in [4.78, 5) is 0. The Morgan fingerprint density at radius 3 is 3.00 bits per heavy atom. The zero-order valence-electron chi connectivity index (χ0n) is 9.40. The Kier molecular flexibility index (Phi) is 6.96. The smallest absolute Gasteiger partial charge is 0.174 e. The summed E-state index contributed by atoms with van der Waals surface area (Å²) in [5, 5.41) is 11.3. The molecular weight excluding hydrogens is 226 g/mol. The summed E-state index contributed by atoms with van der Waals surface area (Å²) in [5.74, 6) is 1.15. The minimum absolute atomic E-state index is 0.685. The van der Waals surface area contributed by atoms with Crippen molar-refractivity contribution in [2.24, 2.45) is 0 Å². The highest BCUT2D eigenvalue weighted by Crippen LogP contribution is 2.20. The molecule has 0 spiro atoms. The number of hydrogen-bond acceptors (Lipinski definition) is 5. The molecule has 1 aromatic rings. The quantitative estimate of drug-likeness (QED) is 0.564. The first kappa shape index (κ1) is 12.9. The van der Waals surface area contributed by atoms with Crippen LogP contribution in [0.4, 0.5) is 0 Å². The van der Waals surface area contributed by atoms with Gasteiger partial charge in [-0.05, 0) is 25.8 Å². The molecule has 1 unspecified atom stereocenters. The molecule has 0 fully saturated rings. The van der Waals surface area contributed by atoms with Crippen LogP contribution in [-0.2, 0) is 0 Å². The van der Waals surface area contributed by atoms with E-state index in [1.54, 1.807) is 16.8 Å². The lowest BCUT2D eigenvalue weighted by Crippen LogP contribution is -2.28. The van der Waals surface area contributed by atoms with E-state index in [4.69, 9.17) is 0 Å². The van der Waals surface area contributed by atoms with Crippen LogP contribution in [0.2, 0.25) is 0 Å². The van der Waals surface area contributed by atoms with E-state index in [1.165, 1.54) is 19.3 Å². The van der Waals surface area contributed by atoms with Crippen molar-refractivity contribution in [2.45, 2.75) is 43.5 Å². The predicted molar refractivity (Wildman–Crippen MR) is 67.6 cm³/mol. The zero-order chi connectivity index (χ0) is 10.9. The molecule has 0 saturated heterocycles. The van der Waals surface area contributed by atoms with E-state index in [2.05, 4.69) is 29.4 Å². The molecule has 0 saturated carbocycles. The van der Waals surface area contributed by atoms with Gasteiger partial charge in [0.05, 0.1) is 0 Å². The molecule has 1 N–H and O–H groups in total. The monoisotopic (exact) mass is 245 g/mol. The fourth-order valence-electron chi connectivity index (χ4n) is 1.45. The van der Waals surface area contributed by atoms with Crippen molar-refractivity contribution < 1.29 is 0 Å². The molecule has 3 nitrogen and oxygen atoms in total. The molecule has 86 valence electrons. The standard InChI is InChI=1S/C10H19N3S2/c1-3-9(11-4-2)6-5-7-14-10-13-12-8-15-10/h8-9,11H,3-7H2,1-2H3. The maximum Gasteiger partial charge on any atom is 0.174 e. The van der Waals surface area contributed by atoms with E-state index < -0.39 is 0 Å². The minimum Gasteiger partial charge on any atom is -0.314 e. The first-order chi connectivity index (χ1) is 7.36. The van der Waals surface area contributed by atoms with Crippen LogP contribution in [0.5, 0.6) is 0 Å². The summed E-state index contributed by atoms with van der Waals surface area (Å²) < 4.78 is 1.09. The Labute approximate surface area is 100 Å². The van der Waals surface area contributed by atoms with Gasteiger partial charge in [-0.2, -0.15) is 0 Å². The van der Waals surface area contributed by atoms with Crippen LogP contribution in [0, 0.1) is 0 Å². The maximum atomic E-state index is 4.01. The van der Waals surface area contributed by atoms with Crippen LogP contribution < -0.4 is 5.32 Å². The predicted octanol–water partition coefficient (Wildman–Crippen LogP) is 2.80. The first-order valence-electron chi connectivity index (χ1n) is 5.49. The number of hydrogen-bond donors (Lipinski definition) is 1. The van der Waals surface area contributed by atoms with E-state index in [1.807, 2.05) is 11.8 Å². The molecule has 0 amide bonds. The Bertz CT molecular complexity index is 239. The normalized spacial score (nSPS) is 12.9. The second-order valence-electron chi connectivity index (χ2n) is 3.36. The molecule has 0 radical (unpaired) electrons. The number of nitrogens with one attached hydrogen (secondary N) is 1. The van der Waals surface area contributed by atoms with Crippen LogP contribution in [0.25, 0.3) is 0 Å². The van der Waals surface area contributed by atoms with E-state index in [0.29, 0.717) is 6.04 Å². The molecule has 15 heavy (non-hydrogen) atoms. The molecule has 5 heteroatoms. The van der Waals surface area contributed by atoms with Crippen molar-refractivity contribution in [3.63, 3.8) is 0 Å². The Hall–Kier alpha value is -0.130. The van der Waals surface area contributed by atoms with Gasteiger partial charge < -0.3 is 5.32 Å². The van der Waals surface area contributed by atoms with E-state index in [-0.39, 0.29) is 0 Å². The Morgan fingerprint density at radius 2 is 2.40 bits per heavy atom. The third-order valence-corrected chi connectivity index (χ3v) is 4.19. The van der Waals surface area contributed by atoms with E-state index >= 15 is 0 Å². The third kappa shape index (κ3) is 5.49. The lowest BCUT2D eigenvalue weighted by molar-refractivity contribution is 0.477. The highest BCUT2D eigenvalue weighted by molar-refractivity contribution is 8.00. The van der Waals surface area contributed by atoms with Crippen molar-refractivity contribution in [3.8, 4) is 0 Å². The van der Waals surface area contributed by atoms with Gasteiger partial charge in [0.2, 0.25) is 0 Å². The van der Waals surface area contributed by atoms with Gasteiger partial charge in [0, 0.05) is 11.8 Å². The van der Waals surface area contributed by atoms with Gasteiger partial charge in [0.25, 0.3) is 0 Å². The van der Waals surface area contributed by atoms with Gasteiger partial charge in [-0.1, -0.05) is 36.9 Å². The highest BCUT2D eigenvalue weighted by Gasteiger charge is 2.04. The fourth-order valence-corrected chi connectivity index (χ4v) is 2.97. The van der Waals surface area contributed by atoms with E-state index in [9.17, 15) is 0 Å². The molecule has 1 rings (SSSR count). The van der Waals surface area contributed by atoms with Crippen molar-refractivity contribution in [1.82, 2.24) is 15.5 Å². The van der Waals surface area contributed by atoms with Gasteiger partial charge >= 0.3 is 0 Å². The summed E-state index contributed by atoms with van der Waals surface area (Å²) in [6.45, 7) is 5.48. The molecule has 0 bridgehead atoms. The molecule has 1 atom stereocenters. The molecule has 1 heterocycles. The van der Waals surface area contributed by atoms with Crippen LogP contribution >= 0.6 is 23.1 Å². The van der Waals surface area contributed by atoms with Crippen molar-refractivity contribution in [1.29, 1.82) is 0 Å². The topological polar surface area (TPSA) is 37.8 Å². The fraction of sp³-hybridized carbons (Fsp3) is 0.800. The number of rotatable bonds is 8. The second-order valence-corrected chi connectivity index (χ2v) is 5.53. The maximum absolute atomic E-state index is 4.01.